The van der Waals surface area contributed by atoms with Gasteiger partial charge < -0.3 is 4.74 Å². The Morgan fingerprint density at radius 1 is 0.875 bits per heavy atom. The smallest absolute Gasteiger partial charge is 0.0636 e. The Kier molecular flexibility index (Phi) is 5.25. The topological polar surface area (TPSA) is 9.23 Å². The molecule has 0 aromatic heterocycles. The minimum Gasteiger partial charge on any atom is -0.370 e. The van der Waals surface area contributed by atoms with E-state index in [0.717, 1.165) is 12.8 Å². The van der Waals surface area contributed by atoms with Gasteiger partial charge in [-0.2, -0.15) is 0 Å². The van der Waals surface area contributed by atoms with Crippen LogP contribution in [-0.4, -0.2) is 11.2 Å². The number of ether oxygens (including phenoxy) is 1. The summed E-state index contributed by atoms with van der Waals surface area (Å²) in [5.74, 6) is 0. The van der Waals surface area contributed by atoms with Gasteiger partial charge in [0.25, 0.3) is 0 Å². The standard InChI is InChI=1S/C15H30O/c1-13(2,3)11-9-10-12-15(7,8)16-14(4,5)6/h9,11H,10,12H2,1-8H3. The Labute approximate surface area is 102 Å². The molecule has 0 aromatic carbocycles. The zero-order chi connectivity index (χ0) is 13.0. The molecule has 1 nitrogen and oxygen atoms in total. The first-order valence-corrected chi connectivity index (χ1v) is 6.29. The van der Waals surface area contributed by atoms with Crippen molar-refractivity contribution in [3.63, 3.8) is 0 Å². The van der Waals surface area contributed by atoms with Crippen molar-refractivity contribution in [2.24, 2.45) is 5.41 Å². The van der Waals surface area contributed by atoms with Crippen molar-refractivity contribution >= 4 is 0 Å². The molecule has 0 fully saturated rings. The van der Waals surface area contributed by atoms with Gasteiger partial charge in [0, 0.05) is 0 Å². The third kappa shape index (κ3) is 10.2. The van der Waals surface area contributed by atoms with Crippen LogP contribution < -0.4 is 0 Å². The van der Waals surface area contributed by atoms with E-state index < -0.39 is 0 Å². The van der Waals surface area contributed by atoms with Gasteiger partial charge in [0.05, 0.1) is 11.2 Å². The molecule has 0 aromatic rings. The molecule has 0 heterocycles. The molecular formula is C15H30O. The van der Waals surface area contributed by atoms with Gasteiger partial charge in [-0.25, -0.2) is 0 Å². The summed E-state index contributed by atoms with van der Waals surface area (Å²) >= 11 is 0. The normalized spacial score (nSPS) is 14.8. The summed E-state index contributed by atoms with van der Waals surface area (Å²) in [6.07, 6.45) is 6.70. The molecule has 1 heteroatoms. The predicted octanol–water partition coefficient (Wildman–Crippen LogP) is 4.96. The highest BCUT2D eigenvalue weighted by Crippen LogP contribution is 2.25. The summed E-state index contributed by atoms with van der Waals surface area (Å²) in [4.78, 5) is 0. The van der Waals surface area contributed by atoms with E-state index in [1.807, 2.05) is 0 Å². The minimum atomic E-state index is -0.0583. The number of allylic oxidation sites excluding steroid dienone is 2. The van der Waals surface area contributed by atoms with Crippen LogP contribution in [0.15, 0.2) is 12.2 Å². The van der Waals surface area contributed by atoms with E-state index in [1.54, 1.807) is 0 Å². The quantitative estimate of drug-likeness (QED) is 0.615. The molecule has 0 radical (unpaired) electrons. The fraction of sp³-hybridized carbons (Fsp3) is 0.867. The summed E-state index contributed by atoms with van der Waals surface area (Å²) in [7, 11) is 0. The van der Waals surface area contributed by atoms with Crippen molar-refractivity contribution in [2.75, 3.05) is 0 Å². The lowest BCUT2D eigenvalue weighted by atomic mass is 9.94. The fourth-order valence-corrected chi connectivity index (χ4v) is 1.75. The average Bonchev–Trinajstić information content (AvgIpc) is 1.91. The van der Waals surface area contributed by atoms with Crippen molar-refractivity contribution < 1.29 is 4.74 Å². The largest absolute Gasteiger partial charge is 0.370 e. The molecule has 0 saturated carbocycles. The first-order valence-electron chi connectivity index (χ1n) is 6.29. The van der Waals surface area contributed by atoms with Crippen molar-refractivity contribution in [3.8, 4) is 0 Å². The van der Waals surface area contributed by atoms with Crippen molar-refractivity contribution in [2.45, 2.75) is 79.4 Å². The molecule has 0 amide bonds. The van der Waals surface area contributed by atoms with E-state index in [9.17, 15) is 0 Å². The van der Waals surface area contributed by atoms with E-state index in [2.05, 4.69) is 67.5 Å². The van der Waals surface area contributed by atoms with Gasteiger partial charge in [0.1, 0.15) is 0 Å². The van der Waals surface area contributed by atoms with Crippen LogP contribution in [0.5, 0.6) is 0 Å². The Hall–Kier alpha value is -0.300. The van der Waals surface area contributed by atoms with Crippen LogP contribution in [0.3, 0.4) is 0 Å². The predicted molar refractivity (Wildman–Crippen MR) is 72.7 cm³/mol. The van der Waals surface area contributed by atoms with Crippen molar-refractivity contribution in [3.05, 3.63) is 12.2 Å². The zero-order valence-corrected chi connectivity index (χ0v) is 12.5. The lowest BCUT2D eigenvalue weighted by Crippen LogP contribution is -2.34. The average molecular weight is 226 g/mol. The van der Waals surface area contributed by atoms with Crippen LogP contribution in [0, 0.1) is 5.41 Å². The lowest BCUT2D eigenvalue weighted by Gasteiger charge is -2.33. The minimum absolute atomic E-state index is 0.0412. The van der Waals surface area contributed by atoms with E-state index in [4.69, 9.17) is 4.74 Å². The maximum atomic E-state index is 6.02. The van der Waals surface area contributed by atoms with Gasteiger partial charge in [0.15, 0.2) is 0 Å². The van der Waals surface area contributed by atoms with Gasteiger partial charge in [-0.15, -0.1) is 0 Å². The molecule has 0 aliphatic heterocycles. The molecule has 96 valence electrons. The van der Waals surface area contributed by atoms with E-state index in [0.29, 0.717) is 0 Å². The lowest BCUT2D eigenvalue weighted by molar-refractivity contribution is -0.115. The maximum Gasteiger partial charge on any atom is 0.0636 e. The van der Waals surface area contributed by atoms with E-state index in [1.165, 1.54) is 0 Å². The molecule has 0 aliphatic rings. The molecular weight excluding hydrogens is 196 g/mol. The van der Waals surface area contributed by atoms with Gasteiger partial charge in [-0.05, 0) is 52.9 Å². The van der Waals surface area contributed by atoms with Crippen LogP contribution in [-0.2, 0) is 4.74 Å². The summed E-state index contributed by atoms with van der Waals surface area (Å²) < 4.78 is 6.02. The summed E-state index contributed by atoms with van der Waals surface area (Å²) in [5, 5.41) is 0. The fourth-order valence-electron chi connectivity index (χ4n) is 1.75. The first-order chi connectivity index (χ1) is 6.91. The number of hydrogen-bond donors (Lipinski definition) is 0. The van der Waals surface area contributed by atoms with Crippen LogP contribution >= 0.6 is 0 Å². The Morgan fingerprint density at radius 2 is 1.38 bits per heavy atom. The van der Waals surface area contributed by atoms with Crippen molar-refractivity contribution in [1.29, 1.82) is 0 Å². The van der Waals surface area contributed by atoms with E-state index in [-0.39, 0.29) is 16.6 Å². The molecule has 0 spiro atoms. The highest BCUT2D eigenvalue weighted by molar-refractivity contribution is 4.93. The molecule has 16 heavy (non-hydrogen) atoms. The third-order valence-corrected chi connectivity index (χ3v) is 2.11. The van der Waals surface area contributed by atoms with Crippen LogP contribution in [0.2, 0.25) is 0 Å². The molecule has 0 saturated heterocycles. The third-order valence-electron chi connectivity index (χ3n) is 2.11. The molecule has 0 bridgehead atoms. The van der Waals surface area contributed by atoms with Crippen LogP contribution in [0.25, 0.3) is 0 Å². The van der Waals surface area contributed by atoms with Crippen LogP contribution in [0.4, 0.5) is 0 Å². The van der Waals surface area contributed by atoms with Gasteiger partial charge in [0.2, 0.25) is 0 Å². The van der Waals surface area contributed by atoms with Crippen LogP contribution in [0.1, 0.15) is 68.2 Å². The second-order valence-electron chi connectivity index (χ2n) is 7.28. The van der Waals surface area contributed by atoms with Crippen molar-refractivity contribution in [1.82, 2.24) is 0 Å². The number of rotatable bonds is 4. The first kappa shape index (κ1) is 15.7. The monoisotopic (exact) mass is 226 g/mol. The second kappa shape index (κ2) is 5.35. The van der Waals surface area contributed by atoms with Gasteiger partial charge in [-0.3, -0.25) is 0 Å². The molecule has 0 rings (SSSR count). The molecule has 0 unspecified atom stereocenters. The SMILES string of the molecule is CC(C)(C)C=CCCC(C)(C)OC(C)(C)C. The Morgan fingerprint density at radius 3 is 1.75 bits per heavy atom. The molecule has 0 aliphatic carbocycles. The highest BCUT2D eigenvalue weighted by Gasteiger charge is 2.24. The Bertz CT molecular complexity index is 223. The van der Waals surface area contributed by atoms with Gasteiger partial charge in [-0.1, -0.05) is 32.9 Å². The summed E-state index contributed by atoms with van der Waals surface area (Å²) in [6, 6.07) is 0. The molecule has 0 atom stereocenters. The summed E-state index contributed by atoms with van der Waals surface area (Å²) in [5.41, 5.74) is 0.187. The zero-order valence-electron chi connectivity index (χ0n) is 12.5. The maximum absolute atomic E-state index is 6.02. The van der Waals surface area contributed by atoms with Gasteiger partial charge >= 0.3 is 0 Å². The number of hydrogen-bond acceptors (Lipinski definition) is 1. The Balaban J connectivity index is 4.06. The molecule has 0 N–H and O–H groups in total. The summed E-state index contributed by atoms with van der Waals surface area (Å²) in [6.45, 7) is 17.3. The second-order valence-corrected chi connectivity index (χ2v) is 7.28. The van der Waals surface area contributed by atoms with E-state index >= 15 is 0 Å². The highest BCUT2D eigenvalue weighted by atomic mass is 16.5.